The molecule has 58 heavy (non-hydrogen) atoms. The summed E-state index contributed by atoms with van der Waals surface area (Å²) in [5.74, 6) is 0. The summed E-state index contributed by atoms with van der Waals surface area (Å²) in [5, 5.41) is 0. The highest BCUT2D eigenvalue weighted by molar-refractivity contribution is 5.18. The maximum atomic E-state index is 7.13. The van der Waals surface area contributed by atoms with Crippen LogP contribution in [0, 0.1) is 0 Å². The van der Waals surface area contributed by atoms with E-state index in [1.54, 1.807) is 7.11 Å². The average molecular weight is 789 g/mol. The third-order valence-corrected chi connectivity index (χ3v) is 10.7. The number of benzene rings is 5. The number of hydrogen-bond acceptors (Lipinski definition) is 10. The molecule has 10 atom stereocenters. The van der Waals surface area contributed by atoms with E-state index >= 15 is 0 Å². The number of rotatable bonds is 17. The molecule has 3 fully saturated rings. The van der Waals surface area contributed by atoms with Crippen molar-refractivity contribution >= 4 is 0 Å². The molecule has 3 heterocycles. The molecule has 3 saturated heterocycles. The Bertz CT molecular complexity index is 1900. The zero-order valence-electron chi connectivity index (χ0n) is 32.7. The van der Waals surface area contributed by atoms with Crippen molar-refractivity contribution in [3.8, 4) is 0 Å². The van der Waals surface area contributed by atoms with Gasteiger partial charge in [0.15, 0.2) is 18.9 Å². The smallest absolute Gasteiger partial charge is 0.186 e. The number of hydrogen-bond donors (Lipinski definition) is 0. The van der Waals surface area contributed by atoms with Crippen LogP contribution in [0.1, 0.15) is 40.5 Å². The van der Waals surface area contributed by atoms with Crippen molar-refractivity contribution < 1.29 is 47.4 Å². The first kappa shape index (κ1) is 40.5. The standard InChI is InChI=1S/C48H52O10/c1-49-48-46(53-31-37-23-13-5-14-24-37)45(44-41(56-48)33-54-47(58-44)38-25-15-6-16-26-38)57-42-27-39(51-29-35-19-9-3-10-20-35)43(52-30-36-21-11-4-12-22-36)40(55-42)32-50-28-34-17-7-2-8-18-34/h2-26,39-48H,27-33H2,1H3/t39-,40?,41?,42+,43?,44?,45?,46?,47?,48?/m1/s1. The van der Waals surface area contributed by atoms with Crippen molar-refractivity contribution in [2.75, 3.05) is 20.3 Å². The second kappa shape index (κ2) is 20.6. The lowest BCUT2D eigenvalue weighted by Gasteiger charge is -2.50. The summed E-state index contributed by atoms with van der Waals surface area (Å²) in [6.45, 7) is 2.00. The van der Waals surface area contributed by atoms with Crippen molar-refractivity contribution in [3.05, 3.63) is 179 Å². The van der Waals surface area contributed by atoms with Gasteiger partial charge in [-0.2, -0.15) is 0 Å². The minimum atomic E-state index is -0.767. The highest BCUT2D eigenvalue weighted by Gasteiger charge is 2.53. The molecule has 10 heteroatoms. The largest absolute Gasteiger partial charge is 0.374 e. The molecule has 3 aliphatic heterocycles. The lowest BCUT2D eigenvalue weighted by molar-refractivity contribution is -0.388. The summed E-state index contributed by atoms with van der Waals surface area (Å²) in [4.78, 5) is 0. The average Bonchev–Trinajstić information content (AvgIpc) is 3.29. The molecule has 3 aliphatic rings. The second-order valence-electron chi connectivity index (χ2n) is 14.8. The van der Waals surface area contributed by atoms with E-state index < -0.39 is 61.6 Å². The Kier molecular flexibility index (Phi) is 14.4. The van der Waals surface area contributed by atoms with Crippen LogP contribution in [0.3, 0.4) is 0 Å². The molecule has 0 saturated carbocycles. The van der Waals surface area contributed by atoms with E-state index in [0.717, 1.165) is 27.8 Å². The zero-order valence-corrected chi connectivity index (χ0v) is 32.7. The Hall–Kier alpha value is -4.30. The first-order valence-corrected chi connectivity index (χ1v) is 20.1. The van der Waals surface area contributed by atoms with Crippen LogP contribution >= 0.6 is 0 Å². The summed E-state index contributed by atoms with van der Waals surface area (Å²) in [6, 6.07) is 50.2. The van der Waals surface area contributed by atoms with Gasteiger partial charge in [0.2, 0.25) is 0 Å². The topological polar surface area (TPSA) is 92.3 Å². The van der Waals surface area contributed by atoms with Crippen molar-refractivity contribution in [1.29, 1.82) is 0 Å². The normalized spacial score (nSPS) is 28.4. The summed E-state index contributed by atoms with van der Waals surface area (Å²) < 4.78 is 65.9. The van der Waals surface area contributed by atoms with E-state index in [2.05, 4.69) is 24.3 Å². The van der Waals surface area contributed by atoms with Gasteiger partial charge >= 0.3 is 0 Å². The fourth-order valence-electron chi connectivity index (χ4n) is 7.69. The number of ether oxygens (including phenoxy) is 10. The van der Waals surface area contributed by atoms with E-state index in [4.69, 9.17) is 47.4 Å². The lowest BCUT2D eigenvalue weighted by atomic mass is 9.96. The van der Waals surface area contributed by atoms with Crippen LogP contribution in [-0.2, 0) is 73.8 Å². The van der Waals surface area contributed by atoms with E-state index in [1.165, 1.54) is 0 Å². The van der Waals surface area contributed by atoms with Crippen molar-refractivity contribution in [2.45, 2.75) is 94.4 Å². The molecule has 304 valence electrons. The summed E-state index contributed by atoms with van der Waals surface area (Å²) >= 11 is 0. The minimum Gasteiger partial charge on any atom is -0.374 e. The molecule has 8 rings (SSSR count). The molecule has 0 aromatic heterocycles. The van der Waals surface area contributed by atoms with Crippen LogP contribution < -0.4 is 0 Å². The zero-order chi connectivity index (χ0) is 39.4. The highest BCUT2D eigenvalue weighted by atomic mass is 16.8. The molecule has 0 amide bonds. The van der Waals surface area contributed by atoms with Gasteiger partial charge < -0.3 is 47.4 Å². The maximum absolute atomic E-state index is 7.13. The lowest BCUT2D eigenvalue weighted by Crippen LogP contribution is -2.65. The van der Waals surface area contributed by atoms with Gasteiger partial charge in [-0.15, -0.1) is 0 Å². The van der Waals surface area contributed by atoms with E-state index in [1.807, 2.05) is 127 Å². The molecule has 0 N–H and O–H groups in total. The van der Waals surface area contributed by atoms with Crippen LogP contribution in [0.2, 0.25) is 0 Å². The van der Waals surface area contributed by atoms with Crippen molar-refractivity contribution in [1.82, 2.24) is 0 Å². The molecular weight excluding hydrogens is 737 g/mol. The molecule has 8 unspecified atom stereocenters. The molecule has 5 aromatic rings. The predicted molar refractivity (Wildman–Crippen MR) is 215 cm³/mol. The Morgan fingerprint density at radius 2 is 1.05 bits per heavy atom. The van der Waals surface area contributed by atoms with Gasteiger partial charge in [-0.3, -0.25) is 0 Å². The summed E-state index contributed by atoms with van der Waals surface area (Å²) in [5.41, 5.74) is 5.07. The van der Waals surface area contributed by atoms with Gasteiger partial charge in [0.25, 0.3) is 0 Å². The molecule has 5 aromatic carbocycles. The Morgan fingerprint density at radius 1 is 0.534 bits per heavy atom. The number of methoxy groups -OCH3 is 1. The van der Waals surface area contributed by atoms with E-state index in [-0.39, 0.29) is 13.2 Å². The van der Waals surface area contributed by atoms with Gasteiger partial charge in [0, 0.05) is 19.1 Å². The first-order chi connectivity index (χ1) is 28.7. The Morgan fingerprint density at radius 3 is 1.62 bits per heavy atom. The summed E-state index contributed by atoms with van der Waals surface area (Å²) in [6.07, 6.45) is -5.66. The SMILES string of the molecule is COC1OC2COC(c3ccccc3)OC2C(O[C@H]2C[C@@H](OCc3ccccc3)C(OCc3ccccc3)C(COCc3ccccc3)O2)C1OCc1ccccc1. The fraction of sp³-hybridized carbons (Fsp3) is 0.375. The van der Waals surface area contributed by atoms with Crippen LogP contribution in [0.15, 0.2) is 152 Å². The summed E-state index contributed by atoms with van der Waals surface area (Å²) in [7, 11) is 1.61. The quantitative estimate of drug-likeness (QED) is 0.0925. The predicted octanol–water partition coefficient (Wildman–Crippen LogP) is 7.95. The van der Waals surface area contributed by atoms with E-state index in [0.29, 0.717) is 32.8 Å². The van der Waals surface area contributed by atoms with Crippen LogP contribution in [0.5, 0.6) is 0 Å². The molecule has 10 nitrogen and oxygen atoms in total. The first-order valence-electron chi connectivity index (χ1n) is 20.1. The monoisotopic (exact) mass is 788 g/mol. The number of fused-ring (bicyclic) bond motifs is 1. The van der Waals surface area contributed by atoms with Gasteiger partial charge in [0.1, 0.15) is 36.6 Å². The third-order valence-electron chi connectivity index (χ3n) is 10.7. The molecule has 0 radical (unpaired) electrons. The van der Waals surface area contributed by atoms with Gasteiger partial charge in [-0.05, 0) is 22.3 Å². The van der Waals surface area contributed by atoms with Crippen LogP contribution in [0.4, 0.5) is 0 Å². The van der Waals surface area contributed by atoms with E-state index in [9.17, 15) is 0 Å². The third kappa shape index (κ3) is 10.7. The minimum absolute atomic E-state index is 0.244. The van der Waals surface area contributed by atoms with Crippen LogP contribution in [0.25, 0.3) is 0 Å². The van der Waals surface area contributed by atoms with Crippen LogP contribution in [-0.4, -0.2) is 75.6 Å². The van der Waals surface area contributed by atoms with Gasteiger partial charge in [-0.1, -0.05) is 152 Å². The Labute approximate surface area is 340 Å². The highest BCUT2D eigenvalue weighted by Crippen LogP contribution is 2.39. The second-order valence-corrected chi connectivity index (χ2v) is 14.8. The Balaban J connectivity index is 1.09. The van der Waals surface area contributed by atoms with Crippen molar-refractivity contribution in [2.24, 2.45) is 0 Å². The molecule has 0 aliphatic carbocycles. The fourth-order valence-corrected chi connectivity index (χ4v) is 7.69. The van der Waals surface area contributed by atoms with Gasteiger partial charge in [0.05, 0.1) is 45.7 Å². The maximum Gasteiger partial charge on any atom is 0.186 e. The van der Waals surface area contributed by atoms with Crippen molar-refractivity contribution in [3.63, 3.8) is 0 Å². The molecular formula is C48H52O10. The molecule has 0 bridgehead atoms. The molecule has 0 spiro atoms. The van der Waals surface area contributed by atoms with Gasteiger partial charge in [-0.25, -0.2) is 0 Å².